The van der Waals surface area contributed by atoms with E-state index < -0.39 is 0 Å². The second-order valence-electron chi connectivity index (χ2n) is 5.82. The Bertz CT molecular complexity index is 901. The van der Waals surface area contributed by atoms with Crippen molar-refractivity contribution in [2.24, 2.45) is 0 Å². The third-order valence-electron chi connectivity index (χ3n) is 3.90. The summed E-state index contributed by atoms with van der Waals surface area (Å²) in [5.41, 5.74) is 3.75. The number of halogens is 2. The highest BCUT2D eigenvalue weighted by molar-refractivity contribution is 6.42. The number of benzene rings is 1. The molecule has 132 valence electrons. The van der Waals surface area contributed by atoms with Crippen molar-refractivity contribution in [3.63, 3.8) is 0 Å². The summed E-state index contributed by atoms with van der Waals surface area (Å²) in [5, 5.41) is 3.95. The molecule has 0 atom stereocenters. The number of carbonyl (C=O) groups excluding carboxylic acids is 1. The van der Waals surface area contributed by atoms with Gasteiger partial charge in [-0.3, -0.25) is 14.8 Å². The van der Waals surface area contributed by atoms with Crippen LogP contribution in [0, 0.1) is 0 Å². The Kier molecular flexibility index (Phi) is 6.21. The third-order valence-corrected chi connectivity index (χ3v) is 4.64. The van der Waals surface area contributed by atoms with Gasteiger partial charge in [-0.25, -0.2) is 0 Å². The molecule has 2 aromatic heterocycles. The number of amides is 1. The molecule has 0 unspecified atom stereocenters. The largest absolute Gasteiger partial charge is 0.352 e. The minimum atomic E-state index is -0.0178. The van der Waals surface area contributed by atoms with Gasteiger partial charge in [-0.1, -0.05) is 29.3 Å². The molecule has 0 fully saturated rings. The van der Waals surface area contributed by atoms with Gasteiger partial charge in [-0.15, -0.1) is 0 Å². The summed E-state index contributed by atoms with van der Waals surface area (Å²) < 4.78 is 0. The van der Waals surface area contributed by atoms with Crippen molar-refractivity contribution in [3.8, 4) is 11.3 Å². The number of aryl methyl sites for hydroxylation is 1. The molecule has 3 aromatic rings. The van der Waals surface area contributed by atoms with Gasteiger partial charge in [-0.2, -0.15) is 0 Å². The Balaban J connectivity index is 1.54. The molecular weight excluding hydrogens is 369 g/mol. The van der Waals surface area contributed by atoms with Crippen LogP contribution in [0.2, 0.25) is 10.0 Å². The smallest absolute Gasteiger partial charge is 0.220 e. The highest BCUT2D eigenvalue weighted by Crippen LogP contribution is 2.23. The van der Waals surface area contributed by atoms with Gasteiger partial charge < -0.3 is 5.32 Å². The van der Waals surface area contributed by atoms with E-state index in [1.54, 1.807) is 30.7 Å². The van der Waals surface area contributed by atoms with Gasteiger partial charge in [0.15, 0.2) is 0 Å². The number of hydrogen-bond donors (Lipinski definition) is 1. The lowest BCUT2D eigenvalue weighted by atomic mass is 10.1. The average molecular weight is 386 g/mol. The zero-order valence-corrected chi connectivity index (χ0v) is 15.5. The molecule has 4 nitrogen and oxygen atoms in total. The molecule has 0 aliphatic carbocycles. The zero-order chi connectivity index (χ0) is 18.4. The standard InChI is InChI=1S/C20H17Cl2N3O/c21-17-5-3-14(10-18(17)22)4-6-20(26)25-12-15-7-9-24-19(11-15)16-2-1-8-23-13-16/h1-3,5,7-11,13H,4,6,12H2,(H,25,26). The molecule has 0 saturated carbocycles. The summed E-state index contributed by atoms with van der Waals surface area (Å²) in [6.07, 6.45) is 6.22. The van der Waals surface area contributed by atoms with E-state index in [2.05, 4.69) is 15.3 Å². The first-order chi connectivity index (χ1) is 12.6. The molecule has 0 spiro atoms. The van der Waals surface area contributed by atoms with Crippen LogP contribution in [0.1, 0.15) is 17.5 Å². The van der Waals surface area contributed by atoms with Crippen LogP contribution in [-0.4, -0.2) is 15.9 Å². The summed E-state index contributed by atoms with van der Waals surface area (Å²) in [6, 6.07) is 13.1. The maximum absolute atomic E-state index is 12.1. The van der Waals surface area contributed by atoms with Gasteiger partial charge in [0.05, 0.1) is 15.7 Å². The molecule has 0 aliphatic rings. The lowest BCUT2D eigenvalue weighted by molar-refractivity contribution is -0.121. The zero-order valence-electron chi connectivity index (χ0n) is 14.0. The predicted molar refractivity (Wildman–Crippen MR) is 104 cm³/mol. The van der Waals surface area contributed by atoms with E-state index >= 15 is 0 Å². The quantitative estimate of drug-likeness (QED) is 0.668. The molecule has 1 N–H and O–H groups in total. The Labute approximate surface area is 162 Å². The summed E-state index contributed by atoms with van der Waals surface area (Å²) in [7, 11) is 0. The lowest BCUT2D eigenvalue weighted by Gasteiger charge is -2.08. The number of nitrogens with one attached hydrogen (secondary N) is 1. The van der Waals surface area contributed by atoms with E-state index in [0.29, 0.717) is 29.4 Å². The molecule has 6 heteroatoms. The fourth-order valence-electron chi connectivity index (χ4n) is 2.50. The van der Waals surface area contributed by atoms with Gasteiger partial charge in [0.2, 0.25) is 5.91 Å². The summed E-state index contributed by atoms with van der Waals surface area (Å²) in [5.74, 6) is -0.0178. The topological polar surface area (TPSA) is 54.9 Å². The molecule has 1 aromatic carbocycles. The third kappa shape index (κ3) is 5.04. The summed E-state index contributed by atoms with van der Waals surface area (Å²) in [6.45, 7) is 0.454. The van der Waals surface area contributed by atoms with Crippen LogP contribution in [0.4, 0.5) is 0 Å². The molecule has 3 rings (SSSR count). The van der Waals surface area contributed by atoms with Crippen LogP contribution in [0.25, 0.3) is 11.3 Å². The Morgan fingerprint density at radius 2 is 1.88 bits per heavy atom. The van der Waals surface area contributed by atoms with E-state index in [-0.39, 0.29) is 5.91 Å². The van der Waals surface area contributed by atoms with E-state index in [1.165, 1.54) is 0 Å². The number of hydrogen-bond acceptors (Lipinski definition) is 3. The molecule has 0 saturated heterocycles. The fraction of sp³-hybridized carbons (Fsp3) is 0.150. The van der Waals surface area contributed by atoms with Crippen molar-refractivity contribution in [3.05, 3.63) is 82.2 Å². The molecule has 0 bridgehead atoms. The molecule has 0 aliphatic heterocycles. The normalized spacial score (nSPS) is 10.5. The Morgan fingerprint density at radius 1 is 1.00 bits per heavy atom. The van der Waals surface area contributed by atoms with Gasteiger partial charge in [0.1, 0.15) is 0 Å². The van der Waals surface area contributed by atoms with Crippen molar-refractivity contribution >= 4 is 29.1 Å². The van der Waals surface area contributed by atoms with E-state index in [0.717, 1.165) is 22.4 Å². The highest BCUT2D eigenvalue weighted by Gasteiger charge is 2.06. The first-order valence-corrected chi connectivity index (χ1v) is 8.93. The molecule has 1 amide bonds. The average Bonchev–Trinajstić information content (AvgIpc) is 2.68. The molecular formula is C20H17Cl2N3O. The second kappa shape index (κ2) is 8.79. The number of pyridine rings is 2. The van der Waals surface area contributed by atoms with Gasteiger partial charge >= 0.3 is 0 Å². The second-order valence-corrected chi connectivity index (χ2v) is 6.63. The van der Waals surface area contributed by atoms with Crippen molar-refractivity contribution in [1.29, 1.82) is 0 Å². The van der Waals surface area contributed by atoms with Gasteiger partial charge in [0, 0.05) is 37.1 Å². The van der Waals surface area contributed by atoms with Crippen LogP contribution < -0.4 is 5.32 Å². The molecule has 0 radical (unpaired) electrons. The fourth-order valence-corrected chi connectivity index (χ4v) is 2.82. The van der Waals surface area contributed by atoms with Crippen molar-refractivity contribution in [2.75, 3.05) is 0 Å². The van der Waals surface area contributed by atoms with Crippen LogP contribution in [-0.2, 0) is 17.8 Å². The SMILES string of the molecule is O=C(CCc1ccc(Cl)c(Cl)c1)NCc1ccnc(-c2cccnc2)c1. The van der Waals surface area contributed by atoms with Crippen LogP contribution in [0.5, 0.6) is 0 Å². The van der Waals surface area contributed by atoms with Crippen LogP contribution in [0.15, 0.2) is 61.1 Å². The molecule has 2 heterocycles. The van der Waals surface area contributed by atoms with Crippen LogP contribution in [0.3, 0.4) is 0 Å². The van der Waals surface area contributed by atoms with E-state index in [4.69, 9.17) is 23.2 Å². The number of aromatic nitrogens is 2. The van der Waals surface area contributed by atoms with Crippen molar-refractivity contribution < 1.29 is 4.79 Å². The maximum Gasteiger partial charge on any atom is 0.220 e. The van der Waals surface area contributed by atoms with Crippen LogP contribution >= 0.6 is 23.2 Å². The Hall–Kier alpha value is -2.43. The minimum absolute atomic E-state index is 0.0178. The maximum atomic E-state index is 12.1. The number of rotatable bonds is 6. The monoisotopic (exact) mass is 385 g/mol. The number of nitrogens with zero attached hydrogens (tertiary/aromatic N) is 2. The predicted octanol–water partition coefficient (Wildman–Crippen LogP) is 4.70. The van der Waals surface area contributed by atoms with E-state index in [1.807, 2.05) is 30.3 Å². The van der Waals surface area contributed by atoms with Gasteiger partial charge in [-0.05, 0) is 53.9 Å². The molecule has 26 heavy (non-hydrogen) atoms. The van der Waals surface area contributed by atoms with Crippen molar-refractivity contribution in [1.82, 2.24) is 15.3 Å². The first-order valence-electron chi connectivity index (χ1n) is 8.18. The first kappa shape index (κ1) is 18.4. The Morgan fingerprint density at radius 3 is 2.65 bits per heavy atom. The lowest BCUT2D eigenvalue weighted by Crippen LogP contribution is -2.23. The van der Waals surface area contributed by atoms with Gasteiger partial charge in [0.25, 0.3) is 0 Å². The summed E-state index contributed by atoms with van der Waals surface area (Å²) >= 11 is 11.9. The number of carbonyl (C=O) groups is 1. The van der Waals surface area contributed by atoms with Crippen molar-refractivity contribution in [2.45, 2.75) is 19.4 Å². The summed E-state index contributed by atoms with van der Waals surface area (Å²) in [4.78, 5) is 20.6. The highest BCUT2D eigenvalue weighted by atomic mass is 35.5. The van der Waals surface area contributed by atoms with E-state index in [9.17, 15) is 4.79 Å². The minimum Gasteiger partial charge on any atom is -0.352 e.